The second kappa shape index (κ2) is 9.05. The summed E-state index contributed by atoms with van der Waals surface area (Å²) >= 11 is 0. The van der Waals surface area contributed by atoms with Crippen molar-refractivity contribution in [3.05, 3.63) is 108 Å². The van der Waals surface area contributed by atoms with Gasteiger partial charge in [0.2, 0.25) is 0 Å². The van der Waals surface area contributed by atoms with Crippen LogP contribution in [0.2, 0.25) is 0 Å². The lowest BCUT2D eigenvalue weighted by atomic mass is 10.2. The van der Waals surface area contributed by atoms with Gasteiger partial charge in [0.15, 0.2) is 5.76 Å². The molecule has 0 bridgehead atoms. The number of halogens is 1. The van der Waals surface area contributed by atoms with Crippen molar-refractivity contribution >= 4 is 5.91 Å². The van der Waals surface area contributed by atoms with E-state index in [4.69, 9.17) is 9.15 Å². The Morgan fingerprint density at radius 3 is 2.50 bits per heavy atom. The molecule has 4 rings (SSSR count). The number of nitrogens with zero attached hydrogens (tertiary/aromatic N) is 1. The first kappa shape index (κ1) is 19.4. The zero-order valence-electron chi connectivity index (χ0n) is 16.0. The molecular formula is C24H19FN2O3. The highest BCUT2D eigenvalue weighted by Crippen LogP contribution is 2.22. The number of furan rings is 1. The summed E-state index contributed by atoms with van der Waals surface area (Å²) in [5.74, 6) is 0.807. The van der Waals surface area contributed by atoms with Crippen LogP contribution in [0.5, 0.6) is 5.75 Å². The number of benzene rings is 2. The molecule has 4 aromatic rings. The summed E-state index contributed by atoms with van der Waals surface area (Å²) in [7, 11) is 0. The average molecular weight is 402 g/mol. The van der Waals surface area contributed by atoms with Crippen molar-refractivity contribution in [2.75, 3.05) is 0 Å². The number of rotatable bonds is 7. The van der Waals surface area contributed by atoms with E-state index in [9.17, 15) is 9.18 Å². The maximum absolute atomic E-state index is 13.0. The zero-order valence-corrected chi connectivity index (χ0v) is 16.0. The Morgan fingerprint density at radius 1 is 0.967 bits per heavy atom. The molecule has 5 nitrogen and oxygen atoms in total. The van der Waals surface area contributed by atoms with E-state index >= 15 is 0 Å². The van der Waals surface area contributed by atoms with Crippen LogP contribution in [0.4, 0.5) is 4.39 Å². The number of ether oxygens (including phenoxy) is 1. The molecule has 0 fully saturated rings. The fourth-order valence-electron chi connectivity index (χ4n) is 2.85. The molecule has 30 heavy (non-hydrogen) atoms. The minimum atomic E-state index is -0.322. The van der Waals surface area contributed by atoms with E-state index in [1.165, 1.54) is 12.1 Å². The Hall–Kier alpha value is -3.93. The minimum Gasteiger partial charge on any atom is -0.489 e. The van der Waals surface area contributed by atoms with Crippen molar-refractivity contribution in [1.82, 2.24) is 10.3 Å². The number of aromatic nitrogens is 1. The summed E-state index contributed by atoms with van der Waals surface area (Å²) in [5.41, 5.74) is 2.63. The van der Waals surface area contributed by atoms with Gasteiger partial charge in [-0.1, -0.05) is 18.2 Å². The van der Waals surface area contributed by atoms with Gasteiger partial charge in [-0.25, -0.2) is 4.39 Å². The van der Waals surface area contributed by atoms with Crippen molar-refractivity contribution in [2.24, 2.45) is 0 Å². The summed E-state index contributed by atoms with van der Waals surface area (Å²) < 4.78 is 24.4. The topological polar surface area (TPSA) is 64.4 Å². The lowest BCUT2D eigenvalue weighted by Crippen LogP contribution is -2.22. The maximum atomic E-state index is 13.0. The minimum absolute atomic E-state index is 0.200. The van der Waals surface area contributed by atoms with E-state index in [0.29, 0.717) is 24.5 Å². The number of carbonyl (C=O) groups is 1. The quantitative estimate of drug-likeness (QED) is 0.473. The Morgan fingerprint density at radius 2 is 1.77 bits per heavy atom. The van der Waals surface area contributed by atoms with Crippen LogP contribution in [-0.2, 0) is 13.2 Å². The van der Waals surface area contributed by atoms with Crippen LogP contribution >= 0.6 is 0 Å². The maximum Gasteiger partial charge on any atom is 0.287 e. The van der Waals surface area contributed by atoms with E-state index < -0.39 is 0 Å². The van der Waals surface area contributed by atoms with Crippen molar-refractivity contribution in [3.63, 3.8) is 0 Å². The molecular weight excluding hydrogens is 383 g/mol. The van der Waals surface area contributed by atoms with Crippen molar-refractivity contribution in [2.45, 2.75) is 13.2 Å². The van der Waals surface area contributed by atoms with Gasteiger partial charge in [-0.15, -0.1) is 0 Å². The normalized spacial score (nSPS) is 10.6. The second-order valence-electron chi connectivity index (χ2n) is 6.65. The first-order chi connectivity index (χ1) is 14.7. The molecule has 0 aliphatic rings. The van der Waals surface area contributed by atoms with Crippen LogP contribution in [0.15, 0.2) is 89.6 Å². The molecule has 0 atom stereocenters. The lowest BCUT2D eigenvalue weighted by Gasteiger charge is -2.08. The van der Waals surface area contributed by atoms with E-state index in [-0.39, 0.29) is 17.5 Å². The molecule has 0 aliphatic heterocycles. The molecule has 0 saturated carbocycles. The molecule has 0 spiro atoms. The van der Waals surface area contributed by atoms with Gasteiger partial charge < -0.3 is 14.5 Å². The SMILES string of the molecule is O=C(NCc1ccc(OCc2cccnc2)cc1)c1ccc(-c2ccc(F)cc2)o1. The molecule has 150 valence electrons. The summed E-state index contributed by atoms with van der Waals surface area (Å²) in [6, 6.07) is 20.5. The van der Waals surface area contributed by atoms with Gasteiger partial charge in [0, 0.05) is 30.1 Å². The second-order valence-corrected chi connectivity index (χ2v) is 6.65. The molecule has 2 heterocycles. The highest BCUT2D eigenvalue weighted by molar-refractivity contribution is 5.92. The number of pyridine rings is 1. The fraction of sp³-hybridized carbons (Fsp3) is 0.0833. The van der Waals surface area contributed by atoms with Crippen LogP contribution < -0.4 is 10.1 Å². The number of carbonyl (C=O) groups excluding carboxylic acids is 1. The van der Waals surface area contributed by atoms with E-state index in [2.05, 4.69) is 10.3 Å². The van der Waals surface area contributed by atoms with Gasteiger partial charge in [-0.2, -0.15) is 0 Å². The average Bonchev–Trinajstić information content (AvgIpc) is 3.28. The molecule has 6 heteroatoms. The molecule has 0 radical (unpaired) electrons. The molecule has 1 amide bonds. The highest BCUT2D eigenvalue weighted by atomic mass is 19.1. The van der Waals surface area contributed by atoms with Gasteiger partial charge in [-0.05, 0) is 60.2 Å². The predicted octanol–water partition coefficient (Wildman–Crippen LogP) is 4.99. The van der Waals surface area contributed by atoms with E-state index in [1.807, 2.05) is 36.4 Å². The molecule has 1 N–H and O–H groups in total. The Labute approximate surface area is 173 Å². The Bertz CT molecular complexity index is 1110. The number of hydrogen-bond donors (Lipinski definition) is 1. The monoisotopic (exact) mass is 402 g/mol. The summed E-state index contributed by atoms with van der Waals surface area (Å²) in [5, 5.41) is 2.82. The predicted molar refractivity (Wildman–Crippen MR) is 110 cm³/mol. The van der Waals surface area contributed by atoms with Gasteiger partial charge in [0.25, 0.3) is 5.91 Å². The van der Waals surface area contributed by atoms with Gasteiger partial charge in [0.05, 0.1) is 0 Å². The van der Waals surface area contributed by atoms with E-state index in [0.717, 1.165) is 16.9 Å². The largest absolute Gasteiger partial charge is 0.489 e. The van der Waals surface area contributed by atoms with Crippen LogP contribution in [-0.4, -0.2) is 10.9 Å². The van der Waals surface area contributed by atoms with Gasteiger partial charge in [0.1, 0.15) is 23.9 Å². The third kappa shape index (κ3) is 4.91. The number of nitrogens with one attached hydrogen (secondary N) is 1. The molecule has 0 unspecified atom stereocenters. The summed E-state index contributed by atoms with van der Waals surface area (Å²) in [6.07, 6.45) is 3.49. The first-order valence-corrected chi connectivity index (χ1v) is 9.42. The Balaban J connectivity index is 1.30. The molecule has 2 aromatic heterocycles. The standard InChI is InChI=1S/C24H19FN2O3/c25-20-7-5-19(6-8-20)22-11-12-23(30-22)24(28)27-15-17-3-9-21(10-4-17)29-16-18-2-1-13-26-14-18/h1-14H,15-16H2,(H,27,28). The van der Waals surface area contributed by atoms with Crippen LogP contribution in [0.3, 0.4) is 0 Å². The number of amides is 1. The van der Waals surface area contributed by atoms with Crippen LogP contribution in [0, 0.1) is 5.82 Å². The smallest absolute Gasteiger partial charge is 0.287 e. The van der Waals surface area contributed by atoms with Crippen LogP contribution in [0.25, 0.3) is 11.3 Å². The number of hydrogen-bond acceptors (Lipinski definition) is 4. The van der Waals surface area contributed by atoms with Crippen molar-refractivity contribution < 1.29 is 18.3 Å². The van der Waals surface area contributed by atoms with E-state index in [1.54, 1.807) is 36.7 Å². The molecule has 2 aromatic carbocycles. The molecule has 0 aliphatic carbocycles. The van der Waals surface area contributed by atoms with Gasteiger partial charge in [-0.3, -0.25) is 9.78 Å². The summed E-state index contributed by atoms with van der Waals surface area (Å²) in [4.78, 5) is 16.4. The van der Waals surface area contributed by atoms with Crippen molar-refractivity contribution in [1.29, 1.82) is 0 Å². The fourth-order valence-corrected chi connectivity index (χ4v) is 2.85. The lowest BCUT2D eigenvalue weighted by molar-refractivity contribution is 0.0924. The third-order valence-electron chi connectivity index (χ3n) is 4.46. The molecule has 0 saturated heterocycles. The highest BCUT2D eigenvalue weighted by Gasteiger charge is 2.12. The zero-order chi connectivity index (χ0) is 20.8. The summed E-state index contributed by atoms with van der Waals surface area (Å²) in [6.45, 7) is 0.799. The van der Waals surface area contributed by atoms with Gasteiger partial charge >= 0.3 is 0 Å². The van der Waals surface area contributed by atoms with Crippen molar-refractivity contribution in [3.8, 4) is 17.1 Å². The Kier molecular flexibility index (Phi) is 5.85. The van der Waals surface area contributed by atoms with Crippen LogP contribution in [0.1, 0.15) is 21.7 Å². The third-order valence-corrected chi connectivity index (χ3v) is 4.46. The first-order valence-electron chi connectivity index (χ1n) is 9.42.